The third-order valence-electron chi connectivity index (χ3n) is 4.51. The van der Waals surface area contributed by atoms with E-state index in [1.807, 2.05) is 0 Å². The maximum atomic E-state index is 12.8. The van der Waals surface area contributed by atoms with Crippen molar-refractivity contribution in [2.75, 3.05) is 18.5 Å². The molecule has 0 aliphatic rings. The van der Waals surface area contributed by atoms with Gasteiger partial charge in [-0.05, 0) is 62.7 Å². The van der Waals surface area contributed by atoms with Gasteiger partial charge in [-0.2, -0.15) is 0 Å². The minimum atomic E-state index is -4.03. The number of carbonyl (C=O) groups excluding carboxylic acids is 3. The highest BCUT2D eigenvalue weighted by Crippen LogP contribution is 2.35. The van der Waals surface area contributed by atoms with Crippen LogP contribution < -0.4 is 5.32 Å². The second kappa shape index (κ2) is 10.4. The normalized spacial score (nSPS) is 11.2. The van der Waals surface area contributed by atoms with Crippen LogP contribution in [0.1, 0.15) is 50.0 Å². The third kappa shape index (κ3) is 5.16. The monoisotopic (exact) mass is 525 g/mol. The van der Waals surface area contributed by atoms with Gasteiger partial charge in [0, 0.05) is 5.02 Å². The van der Waals surface area contributed by atoms with Crippen molar-refractivity contribution in [3.8, 4) is 0 Å². The standard InChI is InChI=1S/C22H20ClNO8S2/c1-4-30-21(26)17-12(3)18(22(27)31-5-2)33-20(17)24-19(25)15-10-11-16(32-15)34(28,29)14-8-6-13(23)7-9-14/h6-11H,4-5H2,1-3H3,(H,24,25). The molecule has 2 aromatic heterocycles. The molecule has 0 radical (unpaired) electrons. The predicted molar refractivity (Wildman–Crippen MR) is 125 cm³/mol. The van der Waals surface area contributed by atoms with Crippen molar-refractivity contribution in [3.05, 3.63) is 63.2 Å². The van der Waals surface area contributed by atoms with E-state index in [0.29, 0.717) is 10.6 Å². The lowest BCUT2D eigenvalue weighted by atomic mass is 10.1. The second-order valence-corrected chi connectivity index (χ2v) is 10.1. The second-order valence-electron chi connectivity index (χ2n) is 6.73. The quantitative estimate of drug-likeness (QED) is 0.417. The predicted octanol–water partition coefficient (Wildman–Crippen LogP) is 4.74. The summed E-state index contributed by atoms with van der Waals surface area (Å²) in [5, 5.41) is 2.47. The number of esters is 2. The molecule has 0 bridgehead atoms. The zero-order valence-electron chi connectivity index (χ0n) is 18.3. The average molecular weight is 526 g/mol. The molecule has 3 rings (SSSR count). The van der Waals surface area contributed by atoms with Gasteiger partial charge in [-0.1, -0.05) is 11.6 Å². The molecule has 3 aromatic rings. The van der Waals surface area contributed by atoms with E-state index in [1.165, 1.54) is 37.3 Å². The molecule has 0 atom stereocenters. The molecular formula is C22H20ClNO8S2. The summed E-state index contributed by atoms with van der Waals surface area (Å²) in [6.07, 6.45) is 0. The van der Waals surface area contributed by atoms with Crippen molar-refractivity contribution in [2.24, 2.45) is 0 Å². The number of anilines is 1. The topological polar surface area (TPSA) is 129 Å². The average Bonchev–Trinajstić information content (AvgIpc) is 3.40. The fourth-order valence-electron chi connectivity index (χ4n) is 2.92. The summed E-state index contributed by atoms with van der Waals surface area (Å²) in [6, 6.07) is 7.81. The van der Waals surface area contributed by atoms with Crippen molar-refractivity contribution < 1.29 is 36.7 Å². The van der Waals surface area contributed by atoms with Gasteiger partial charge in [-0.3, -0.25) is 4.79 Å². The van der Waals surface area contributed by atoms with Crippen LogP contribution in [0.3, 0.4) is 0 Å². The van der Waals surface area contributed by atoms with E-state index < -0.39 is 32.8 Å². The van der Waals surface area contributed by atoms with Crippen molar-refractivity contribution in [2.45, 2.75) is 30.8 Å². The van der Waals surface area contributed by atoms with Gasteiger partial charge in [0.05, 0.1) is 23.7 Å². The summed E-state index contributed by atoms with van der Waals surface area (Å²) in [5.74, 6) is -2.51. The minimum Gasteiger partial charge on any atom is -0.462 e. The molecule has 0 aliphatic heterocycles. The summed E-state index contributed by atoms with van der Waals surface area (Å²) in [6.45, 7) is 5.01. The first-order valence-corrected chi connectivity index (χ1v) is 12.7. The first-order chi connectivity index (χ1) is 16.1. The van der Waals surface area contributed by atoms with Crippen molar-refractivity contribution in [1.29, 1.82) is 0 Å². The van der Waals surface area contributed by atoms with Crippen LogP contribution >= 0.6 is 22.9 Å². The summed E-state index contributed by atoms with van der Waals surface area (Å²) < 4.78 is 40.9. The van der Waals surface area contributed by atoms with Crippen LogP contribution in [0.4, 0.5) is 5.00 Å². The van der Waals surface area contributed by atoms with E-state index in [0.717, 1.165) is 17.4 Å². The zero-order valence-corrected chi connectivity index (χ0v) is 20.7. The lowest BCUT2D eigenvalue weighted by Gasteiger charge is -2.06. The molecule has 12 heteroatoms. The van der Waals surface area contributed by atoms with Crippen LogP contribution in [0.2, 0.25) is 5.02 Å². The van der Waals surface area contributed by atoms with Crippen LogP contribution in [-0.4, -0.2) is 39.5 Å². The molecule has 0 saturated carbocycles. The molecule has 1 aromatic carbocycles. The molecule has 0 saturated heterocycles. The fraction of sp³-hybridized carbons (Fsp3) is 0.227. The smallest absolute Gasteiger partial charge is 0.348 e. The van der Waals surface area contributed by atoms with Crippen LogP contribution in [0, 0.1) is 6.92 Å². The SMILES string of the molecule is CCOC(=O)c1sc(NC(=O)c2ccc(S(=O)(=O)c3ccc(Cl)cc3)o2)c(C(=O)OCC)c1C. The highest BCUT2D eigenvalue weighted by molar-refractivity contribution is 7.91. The van der Waals surface area contributed by atoms with Gasteiger partial charge in [0.15, 0.2) is 5.76 Å². The van der Waals surface area contributed by atoms with E-state index in [-0.39, 0.29) is 39.3 Å². The van der Waals surface area contributed by atoms with E-state index in [9.17, 15) is 22.8 Å². The van der Waals surface area contributed by atoms with Crippen LogP contribution in [0.25, 0.3) is 0 Å². The largest absolute Gasteiger partial charge is 0.462 e. The molecule has 9 nitrogen and oxygen atoms in total. The number of rotatable bonds is 8. The molecule has 0 spiro atoms. The number of thiophene rings is 1. The molecule has 1 N–H and O–H groups in total. The van der Waals surface area contributed by atoms with E-state index in [4.69, 9.17) is 25.5 Å². The summed E-state index contributed by atoms with van der Waals surface area (Å²) in [4.78, 5) is 37.6. The third-order valence-corrected chi connectivity index (χ3v) is 7.59. The van der Waals surface area contributed by atoms with Crippen LogP contribution in [0.15, 0.2) is 50.8 Å². The highest BCUT2D eigenvalue weighted by Gasteiger charge is 2.29. The van der Waals surface area contributed by atoms with E-state index in [2.05, 4.69) is 5.32 Å². The molecule has 180 valence electrons. The number of halogens is 1. The number of furan rings is 1. The molecule has 0 aliphatic carbocycles. The van der Waals surface area contributed by atoms with Crippen LogP contribution in [0.5, 0.6) is 0 Å². The van der Waals surface area contributed by atoms with Crippen molar-refractivity contribution in [1.82, 2.24) is 0 Å². The number of benzene rings is 1. The Hall–Kier alpha value is -3.15. The highest BCUT2D eigenvalue weighted by atomic mass is 35.5. The Bertz CT molecular complexity index is 1340. The van der Waals surface area contributed by atoms with Gasteiger partial charge in [-0.25, -0.2) is 18.0 Å². The molecule has 0 unspecified atom stereocenters. The summed E-state index contributed by atoms with van der Waals surface area (Å²) in [5.41, 5.74) is 0.298. The van der Waals surface area contributed by atoms with Crippen LogP contribution in [-0.2, 0) is 19.3 Å². The maximum Gasteiger partial charge on any atom is 0.348 e. The summed E-state index contributed by atoms with van der Waals surface area (Å²) in [7, 11) is -4.03. The minimum absolute atomic E-state index is 0.00354. The first-order valence-electron chi connectivity index (χ1n) is 9.99. The van der Waals surface area contributed by atoms with Crippen molar-refractivity contribution in [3.63, 3.8) is 0 Å². The molecular weight excluding hydrogens is 506 g/mol. The Morgan fingerprint density at radius 2 is 1.62 bits per heavy atom. The Kier molecular flexibility index (Phi) is 7.80. The van der Waals surface area contributed by atoms with Gasteiger partial charge >= 0.3 is 11.9 Å². The Labute approximate surface area is 204 Å². The van der Waals surface area contributed by atoms with E-state index in [1.54, 1.807) is 13.8 Å². The number of ether oxygens (including phenoxy) is 2. The molecule has 1 amide bonds. The molecule has 34 heavy (non-hydrogen) atoms. The van der Waals surface area contributed by atoms with Gasteiger partial charge in [0.1, 0.15) is 9.88 Å². The van der Waals surface area contributed by atoms with Gasteiger partial charge in [-0.15, -0.1) is 11.3 Å². The first kappa shape index (κ1) is 25.5. The van der Waals surface area contributed by atoms with Gasteiger partial charge in [0.25, 0.3) is 5.91 Å². The number of sulfone groups is 1. The van der Waals surface area contributed by atoms with Gasteiger partial charge in [0.2, 0.25) is 14.9 Å². The molecule has 0 fully saturated rings. The Balaban J connectivity index is 1.92. The van der Waals surface area contributed by atoms with E-state index >= 15 is 0 Å². The Morgan fingerprint density at radius 3 is 2.24 bits per heavy atom. The number of carbonyl (C=O) groups is 3. The number of hydrogen-bond acceptors (Lipinski definition) is 9. The Morgan fingerprint density at radius 1 is 1.00 bits per heavy atom. The fourth-order valence-corrected chi connectivity index (χ4v) is 5.31. The number of nitrogens with one attached hydrogen (secondary N) is 1. The number of hydrogen-bond donors (Lipinski definition) is 1. The van der Waals surface area contributed by atoms with Gasteiger partial charge < -0.3 is 19.2 Å². The molecule has 2 heterocycles. The lowest BCUT2D eigenvalue weighted by Crippen LogP contribution is -2.14. The number of amides is 1. The lowest BCUT2D eigenvalue weighted by molar-refractivity contribution is 0.0527. The summed E-state index contributed by atoms with van der Waals surface area (Å²) >= 11 is 6.65. The zero-order chi connectivity index (χ0) is 25.0. The van der Waals surface area contributed by atoms with Crippen molar-refractivity contribution >= 4 is 55.6 Å². The maximum absolute atomic E-state index is 12.8.